The van der Waals surface area contributed by atoms with Crippen molar-refractivity contribution in [2.75, 3.05) is 6.61 Å². The predicted molar refractivity (Wildman–Crippen MR) is 58.2 cm³/mol. The van der Waals surface area contributed by atoms with Gasteiger partial charge in [-0.15, -0.1) is 11.3 Å². The lowest BCUT2D eigenvalue weighted by Gasteiger charge is -2.03. The molecule has 15 heavy (non-hydrogen) atoms. The second-order valence-electron chi connectivity index (χ2n) is 3.26. The van der Waals surface area contributed by atoms with E-state index in [2.05, 4.69) is 4.98 Å². The molecule has 0 aliphatic carbocycles. The van der Waals surface area contributed by atoms with Crippen molar-refractivity contribution < 1.29 is 14.6 Å². The molecule has 0 aromatic carbocycles. The summed E-state index contributed by atoms with van der Waals surface area (Å²) in [5.74, 6) is 0.294. The van der Waals surface area contributed by atoms with Gasteiger partial charge in [0.15, 0.2) is 0 Å². The van der Waals surface area contributed by atoms with Crippen molar-refractivity contribution in [3.05, 3.63) is 10.4 Å². The third-order valence-corrected chi connectivity index (χ3v) is 3.05. The van der Waals surface area contributed by atoms with Crippen molar-refractivity contribution in [2.24, 2.45) is 0 Å². The Labute approximate surface area is 92.9 Å². The van der Waals surface area contributed by atoms with Crippen molar-refractivity contribution in [3.8, 4) is 5.88 Å². The average molecular weight is 229 g/mol. The zero-order chi connectivity index (χ0) is 11.3. The van der Waals surface area contributed by atoms with Crippen LogP contribution < -0.4 is 4.74 Å². The van der Waals surface area contributed by atoms with Gasteiger partial charge in [0.25, 0.3) is 0 Å². The number of ether oxygens (including phenoxy) is 1. The first kappa shape index (κ1) is 12.1. The maximum atomic E-state index is 11.0. The van der Waals surface area contributed by atoms with Crippen molar-refractivity contribution in [1.82, 2.24) is 4.98 Å². The van der Waals surface area contributed by atoms with Crippen molar-refractivity contribution in [2.45, 2.75) is 32.6 Å². The van der Waals surface area contributed by atoms with Crippen LogP contribution in [0.3, 0.4) is 0 Å². The Kier molecular flexibility index (Phi) is 4.71. The third kappa shape index (κ3) is 3.60. The van der Waals surface area contributed by atoms with Gasteiger partial charge in [0.2, 0.25) is 5.88 Å². The number of nitrogens with zero attached hydrogens (tertiary/aromatic N) is 1. The molecule has 1 N–H and O–H groups in total. The Morgan fingerprint density at radius 1 is 1.73 bits per heavy atom. The molecule has 1 aromatic rings. The number of hydrogen-bond donors (Lipinski definition) is 1. The molecular formula is C10H15NO3S. The number of aliphatic hydroxyl groups is 1. The lowest BCUT2D eigenvalue weighted by Crippen LogP contribution is -2.06. The van der Waals surface area contributed by atoms with Crippen LogP contribution in [0.2, 0.25) is 0 Å². The summed E-state index contributed by atoms with van der Waals surface area (Å²) in [5, 5.41) is 11.4. The molecule has 0 amide bonds. The van der Waals surface area contributed by atoms with Gasteiger partial charge in [-0.1, -0.05) is 13.8 Å². The van der Waals surface area contributed by atoms with Gasteiger partial charge in [-0.25, -0.2) is 4.98 Å². The van der Waals surface area contributed by atoms with Crippen LogP contribution in [-0.4, -0.2) is 22.7 Å². The van der Waals surface area contributed by atoms with E-state index in [0.717, 1.165) is 5.01 Å². The Balaban J connectivity index is 2.59. The highest BCUT2D eigenvalue weighted by Gasteiger charge is 2.12. The Bertz CT molecular complexity index is 324. The quantitative estimate of drug-likeness (QED) is 0.784. The molecule has 84 valence electrons. The van der Waals surface area contributed by atoms with E-state index in [1.807, 2.05) is 6.92 Å². The minimum Gasteiger partial charge on any atom is -0.407 e. The predicted octanol–water partition coefficient (Wildman–Crippen LogP) is 1.94. The number of carbonyl (C=O) groups is 1. The average Bonchev–Trinajstić information content (AvgIpc) is 2.66. The molecule has 1 rings (SSSR count). The van der Waals surface area contributed by atoms with Crippen molar-refractivity contribution in [1.29, 1.82) is 0 Å². The first-order valence-corrected chi connectivity index (χ1v) is 5.82. The standard InChI is InChI=1S/C10H15NO3S/c1-3-9(13)14-8-6-15-10(11-8)7(2)4-5-12/h6-7,12H,3-5H2,1-2H3. The molecule has 0 radical (unpaired) electrons. The van der Waals surface area contributed by atoms with E-state index in [0.29, 0.717) is 18.7 Å². The van der Waals surface area contributed by atoms with Crippen LogP contribution in [0.4, 0.5) is 0 Å². The number of carbonyl (C=O) groups excluding carboxylic acids is 1. The molecule has 0 saturated heterocycles. The summed E-state index contributed by atoms with van der Waals surface area (Å²) >= 11 is 1.45. The molecule has 0 fully saturated rings. The number of hydrogen-bond acceptors (Lipinski definition) is 5. The van der Waals surface area contributed by atoms with E-state index in [-0.39, 0.29) is 18.5 Å². The van der Waals surface area contributed by atoms with Crippen LogP contribution in [0, 0.1) is 0 Å². The maximum absolute atomic E-state index is 11.0. The van der Waals surface area contributed by atoms with E-state index < -0.39 is 0 Å². The fourth-order valence-corrected chi connectivity index (χ4v) is 1.87. The zero-order valence-corrected chi connectivity index (χ0v) is 9.71. The van der Waals surface area contributed by atoms with Gasteiger partial charge >= 0.3 is 5.97 Å². The molecule has 0 spiro atoms. The fraction of sp³-hybridized carbons (Fsp3) is 0.600. The first-order chi connectivity index (χ1) is 7.17. The molecule has 1 atom stereocenters. The van der Waals surface area contributed by atoms with Gasteiger partial charge in [0.05, 0.1) is 10.4 Å². The molecule has 4 nitrogen and oxygen atoms in total. The van der Waals surface area contributed by atoms with E-state index in [1.54, 1.807) is 12.3 Å². The largest absolute Gasteiger partial charge is 0.407 e. The van der Waals surface area contributed by atoms with Gasteiger partial charge < -0.3 is 9.84 Å². The van der Waals surface area contributed by atoms with Crippen LogP contribution >= 0.6 is 11.3 Å². The summed E-state index contributed by atoms with van der Waals surface area (Å²) in [7, 11) is 0. The summed E-state index contributed by atoms with van der Waals surface area (Å²) < 4.78 is 4.97. The Morgan fingerprint density at radius 2 is 2.47 bits per heavy atom. The third-order valence-electron chi connectivity index (χ3n) is 1.99. The van der Waals surface area contributed by atoms with Crippen LogP contribution in [0.15, 0.2) is 5.38 Å². The van der Waals surface area contributed by atoms with E-state index in [1.165, 1.54) is 11.3 Å². The topological polar surface area (TPSA) is 59.4 Å². The number of thiazole rings is 1. The maximum Gasteiger partial charge on any atom is 0.312 e. The molecule has 0 saturated carbocycles. The lowest BCUT2D eigenvalue weighted by molar-refractivity contribution is -0.134. The number of esters is 1. The normalized spacial score (nSPS) is 12.5. The summed E-state index contributed by atoms with van der Waals surface area (Å²) in [6, 6.07) is 0. The van der Waals surface area contributed by atoms with Crippen molar-refractivity contribution in [3.63, 3.8) is 0 Å². The van der Waals surface area contributed by atoms with Crippen LogP contribution in [-0.2, 0) is 4.79 Å². The zero-order valence-electron chi connectivity index (χ0n) is 8.90. The van der Waals surface area contributed by atoms with Gasteiger partial charge in [0.1, 0.15) is 0 Å². The summed E-state index contributed by atoms with van der Waals surface area (Å²) in [4.78, 5) is 15.2. The molecule has 0 aliphatic heterocycles. The van der Waals surface area contributed by atoms with Gasteiger partial charge in [0, 0.05) is 18.9 Å². The van der Waals surface area contributed by atoms with E-state index >= 15 is 0 Å². The van der Waals surface area contributed by atoms with Gasteiger partial charge in [-0.2, -0.15) is 0 Å². The molecular weight excluding hydrogens is 214 g/mol. The van der Waals surface area contributed by atoms with Crippen LogP contribution in [0.1, 0.15) is 37.6 Å². The van der Waals surface area contributed by atoms with E-state index in [4.69, 9.17) is 9.84 Å². The second-order valence-corrected chi connectivity index (χ2v) is 4.15. The van der Waals surface area contributed by atoms with Crippen molar-refractivity contribution >= 4 is 17.3 Å². The number of aliphatic hydroxyl groups excluding tert-OH is 1. The van der Waals surface area contributed by atoms with Crippen LogP contribution in [0.5, 0.6) is 5.88 Å². The highest BCUT2D eigenvalue weighted by atomic mass is 32.1. The Hall–Kier alpha value is -0.940. The molecule has 0 bridgehead atoms. The monoisotopic (exact) mass is 229 g/mol. The van der Waals surface area contributed by atoms with Gasteiger partial charge in [-0.05, 0) is 6.42 Å². The first-order valence-electron chi connectivity index (χ1n) is 4.94. The summed E-state index contributed by atoms with van der Waals surface area (Å²) in [6.45, 7) is 3.87. The molecule has 1 heterocycles. The molecule has 0 aliphatic rings. The smallest absolute Gasteiger partial charge is 0.312 e. The Morgan fingerprint density at radius 3 is 3.07 bits per heavy atom. The lowest BCUT2D eigenvalue weighted by atomic mass is 10.1. The minimum atomic E-state index is -0.276. The number of aromatic nitrogens is 1. The minimum absolute atomic E-state index is 0.144. The second kappa shape index (κ2) is 5.82. The number of rotatable bonds is 5. The molecule has 1 aromatic heterocycles. The highest BCUT2D eigenvalue weighted by molar-refractivity contribution is 7.09. The van der Waals surface area contributed by atoms with Gasteiger partial charge in [-0.3, -0.25) is 4.79 Å². The summed E-state index contributed by atoms with van der Waals surface area (Å²) in [5.41, 5.74) is 0. The van der Waals surface area contributed by atoms with E-state index in [9.17, 15) is 4.79 Å². The summed E-state index contributed by atoms with van der Waals surface area (Å²) in [6.07, 6.45) is 1.02. The molecule has 1 unspecified atom stereocenters. The molecule has 5 heteroatoms. The van der Waals surface area contributed by atoms with Crippen LogP contribution in [0.25, 0.3) is 0 Å². The SMILES string of the molecule is CCC(=O)Oc1csc(C(C)CCO)n1. The highest BCUT2D eigenvalue weighted by Crippen LogP contribution is 2.25. The fourth-order valence-electron chi connectivity index (χ4n) is 1.05.